The van der Waals surface area contributed by atoms with Gasteiger partial charge in [0.2, 0.25) is 47.3 Å². The average Bonchev–Trinajstić information content (AvgIpc) is 3.96. The summed E-state index contributed by atoms with van der Waals surface area (Å²) in [5, 5.41) is 37.5. The van der Waals surface area contributed by atoms with Gasteiger partial charge in [0.15, 0.2) is 0 Å². The van der Waals surface area contributed by atoms with Gasteiger partial charge in [-0.2, -0.15) is 0 Å². The molecule has 20 heteroatoms. The predicted molar refractivity (Wildman–Crippen MR) is 204 cm³/mol. The quantitative estimate of drug-likeness (QED) is 0.0599. The molecule has 7 atom stereocenters. The number of aliphatic hydroxyl groups is 1. The Labute approximate surface area is 332 Å². The first kappa shape index (κ1) is 46.5. The number of amides is 8. The van der Waals surface area contributed by atoms with E-state index in [-0.39, 0.29) is 49.7 Å². The Morgan fingerprint density at radius 2 is 1.23 bits per heavy atom. The Hall–Kier alpha value is -4.85. The highest BCUT2D eigenvalue weighted by molar-refractivity contribution is 5.97. The van der Waals surface area contributed by atoms with E-state index >= 15 is 0 Å². The van der Waals surface area contributed by atoms with Crippen molar-refractivity contribution < 1.29 is 53.4 Å². The molecule has 0 aromatic rings. The van der Waals surface area contributed by atoms with Crippen LogP contribution in [0.25, 0.3) is 0 Å². The van der Waals surface area contributed by atoms with Crippen LogP contribution in [0.3, 0.4) is 0 Å². The molecule has 9 N–H and O–H groups in total. The fourth-order valence-corrected chi connectivity index (χ4v) is 7.18. The van der Waals surface area contributed by atoms with Gasteiger partial charge in [0.1, 0.15) is 36.3 Å². The Bertz CT molecular complexity index is 1490. The van der Waals surface area contributed by atoms with Crippen LogP contribution in [0.1, 0.15) is 86.0 Å². The lowest BCUT2D eigenvalue weighted by Gasteiger charge is -2.30. The lowest BCUT2D eigenvalue weighted by atomic mass is 10.0. The Kier molecular flexibility index (Phi) is 18.1. The van der Waals surface area contributed by atoms with Crippen molar-refractivity contribution >= 4 is 53.2 Å². The molecule has 3 rings (SSSR count). The summed E-state index contributed by atoms with van der Waals surface area (Å²) in [6.07, 6.45) is 3.51. The second-order valence-electron chi connectivity index (χ2n) is 15.8. The van der Waals surface area contributed by atoms with Gasteiger partial charge in [0.05, 0.1) is 25.7 Å². The van der Waals surface area contributed by atoms with Crippen molar-refractivity contribution in [2.45, 2.75) is 128 Å². The Balaban J connectivity index is 1.60. The van der Waals surface area contributed by atoms with Crippen LogP contribution in [0.15, 0.2) is 0 Å². The number of carboxylic acids is 1. The highest BCUT2D eigenvalue weighted by Crippen LogP contribution is 2.20. The lowest BCUT2D eigenvalue weighted by Crippen LogP contribution is -2.59. The zero-order chi connectivity index (χ0) is 42.4. The Morgan fingerprint density at radius 1 is 0.649 bits per heavy atom. The summed E-state index contributed by atoms with van der Waals surface area (Å²) in [4.78, 5) is 119. The third-order valence-corrected chi connectivity index (χ3v) is 10.2. The van der Waals surface area contributed by atoms with Gasteiger partial charge in [0, 0.05) is 13.1 Å². The van der Waals surface area contributed by atoms with Crippen LogP contribution < -0.4 is 37.2 Å². The van der Waals surface area contributed by atoms with Crippen molar-refractivity contribution in [1.82, 2.24) is 47.0 Å². The van der Waals surface area contributed by atoms with Crippen LogP contribution in [-0.4, -0.2) is 155 Å². The van der Waals surface area contributed by atoms with Gasteiger partial charge in [-0.3, -0.25) is 43.2 Å². The second kappa shape index (κ2) is 22.2. The molecule has 8 amide bonds. The number of aliphatic hydroxyl groups excluding tert-OH is 1. The zero-order valence-electron chi connectivity index (χ0n) is 33.6. The van der Waals surface area contributed by atoms with Crippen molar-refractivity contribution in [2.24, 2.45) is 11.8 Å². The van der Waals surface area contributed by atoms with Gasteiger partial charge in [-0.15, -0.1) is 0 Å². The van der Waals surface area contributed by atoms with Gasteiger partial charge in [-0.25, -0.2) is 0 Å². The standard InChI is InChI=1S/C37H61N9O11/c1-20(2)15-24(42-32(51)23-9-6-12-38-23)31(50)40-18-30(49)45-13-7-11-28(45)35(54)43-25(16-21(3)4)33(52)44-26(19-47)36(55)46-14-8-10-27(46)34(53)39-17-29(48)41-22(5)37(56)57/h20-28,38,47H,6-19H2,1-5H3,(H,39,53)(H,40,50)(H,41,48)(H,42,51)(H,43,54)(H,44,52)(H,56,57)/t22-,23-,24-,25-,26-,27-,28-/m0/s1. The Morgan fingerprint density at radius 3 is 1.79 bits per heavy atom. The molecule has 0 saturated carbocycles. The van der Waals surface area contributed by atoms with Crippen LogP contribution >= 0.6 is 0 Å². The van der Waals surface area contributed by atoms with E-state index in [0.717, 1.165) is 13.0 Å². The third kappa shape index (κ3) is 13.9. The van der Waals surface area contributed by atoms with E-state index in [4.69, 9.17) is 5.11 Å². The monoisotopic (exact) mass is 807 g/mol. The van der Waals surface area contributed by atoms with Crippen LogP contribution in [0, 0.1) is 11.8 Å². The molecule has 57 heavy (non-hydrogen) atoms. The van der Waals surface area contributed by atoms with Crippen molar-refractivity contribution in [3.05, 3.63) is 0 Å². The van der Waals surface area contributed by atoms with E-state index in [9.17, 15) is 48.3 Å². The predicted octanol–water partition coefficient (Wildman–Crippen LogP) is -2.92. The number of rotatable bonds is 20. The van der Waals surface area contributed by atoms with Crippen molar-refractivity contribution in [1.29, 1.82) is 0 Å². The van der Waals surface area contributed by atoms with Crippen LogP contribution in [0.2, 0.25) is 0 Å². The van der Waals surface area contributed by atoms with Crippen molar-refractivity contribution in [3.8, 4) is 0 Å². The number of nitrogens with one attached hydrogen (secondary N) is 7. The van der Waals surface area contributed by atoms with Gasteiger partial charge < -0.3 is 57.2 Å². The van der Waals surface area contributed by atoms with Crippen molar-refractivity contribution in [3.63, 3.8) is 0 Å². The molecule has 0 aromatic carbocycles. The molecule has 3 aliphatic heterocycles. The van der Waals surface area contributed by atoms with E-state index in [0.29, 0.717) is 32.1 Å². The molecule has 3 heterocycles. The van der Waals surface area contributed by atoms with Crippen molar-refractivity contribution in [2.75, 3.05) is 39.3 Å². The smallest absolute Gasteiger partial charge is 0.325 e. The second-order valence-corrected chi connectivity index (χ2v) is 15.8. The van der Waals surface area contributed by atoms with E-state index in [1.165, 1.54) is 16.7 Å². The third-order valence-electron chi connectivity index (χ3n) is 10.2. The van der Waals surface area contributed by atoms with Crippen LogP contribution in [-0.2, 0) is 43.2 Å². The molecule has 320 valence electrons. The minimum Gasteiger partial charge on any atom is -0.480 e. The number of carboxylic acid groups (broad SMARTS) is 1. The van der Waals surface area contributed by atoms with Gasteiger partial charge in [0.25, 0.3) is 0 Å². The number of hydrogen-bond donors (Lipinski definition) is 9. The maximum atomic E-state index is 13.6. The van der Waals surface area contributed by atoms with E-state index in [2.05, 4.69) is 37.2 Å². The maximum absolute atomic E-state index is 13.6. The maximum Gasteiger partial charge on any atom is 0.325 e. The fraction of sp³-hybridized carbons (Fsp3) is 0.757. The van der Waals surface area contributed by atoms with Gasteiger partial charge in [-0.1, -0.05) is 27.7 Å². The van der Waals surface area contributed by atoms with E-state index in [1.807, 2.05) is 27.7 Å². The van der Waals surface area contributed by atoms with Gasteiger partial charge in [-0.05, 0) is 76.7 Å². The zero-order valence-corrected chi connectivity index (χ0v) is 33.6. The number of carbonyl (C=O) groups excluding carboxylic acids is 8. The lowest BCUT2D eigenvalue weighted by molar-refractivity contribution is -0.143. The molecule has 3 saturated heterocycles. The van der Waals surface area contributed by atoms with Gasteiger partial charge >= 0.3 is 5.97 Å². The SMILES string of the molecule is CC(C)C[C@H](NC(=O)[C@@H]1CCCN1)C(=O)NCC(=O)N1CCC[C@H]1C(=O)N[C@@H](CC(C)C)C(=O)N[C@@H](CO)C(=O)N1CCC[C@H]1C(=O)NCC(=O)N[C@@H](C)C(=O)O. The molecule has 3 aliphatic rings. The van der Waals surface area contributed by atoms with E-state index < -0.39 is 103 Å². The molecular weight excluding hydrogens is 746 g/mol. The summed E-state index contributed by atoms with van der Waals surface area (Å²) < 4.78 is 0. The highest BCUT2D eigenvalue weighted by Gasteiger charge is 2.40. The minimum absolute atomic E-state index is 0.0784. The molecule has 0 aromatic heterocycles. The minimum atomic E-state index is -1.47. The summed E-state index contributed by atoms with van der Waals surface area (Å²) >= 11 is 0. The molecule has 0 spiro atoms. The molecule has 0 radical (unpaired) electrons. The number of carbonyl (C=O) groups is 9. The molecule has 0 aliphatic carbocycles. The number of hydrogen-bond acceptors (Lipinski definition) is 11. The van der Waals surface area contributed by atoms with Crippen LogP contribution in [0.4, 0.5) is 0 Å². The topological polar surface area (TPSA) is 285 Å². The summed E-state index contributed by atoms with van der Waals surface area (Å²) in [6.45, 7) is 8.09. The normalized spacial score (nSPS) is 21.3. The highest BCUT2D eigenvalue weighted by atomic mass is 16.4. The molecule has 0 bridgehead atoms. The summed E-state index contributed by atoms with van der Waals surface area (Å²) in [5.41, 5.74) is 0. The first-order valence-electron chi connectivity index (χ1n) is 19.9. The largest absolute Gasteiger partial charge is 0.480 e. The first-order valence-corrected chi connectivity index (χ1v) is 19.9. The fourth-order valence-electron chi connectivity index (χ4n) is 7.18. The summed E-state index contributed by atoms with van der Waals surface area (Å²) in [5.74, 6) is -6.10. The molecular formula is C37H61N9O11. The number of likely N-dealkylation sites (tertiary alicyclic amines) is 2. The molecule has 3 fully saturated rings. The average molecular weight is 808 g/mol. The van der Waals surface area contributed by atoms with E-state index in [1.54, 1.807) is 0 Å². The molecule has 20 nitrogen and oxygen atoms in total. The summed E-state index contributed by atoms with van der Waals surface area (Å²) in [7, 11) is 0. The summed E-state index contributed by atoms with van der Waals surface area (Å²) in [6, 6.07) is -6.98. The first-order chi connectivity index (χ1) is 26.9. The number of aliphatic carboxylic acids is 1. The number of nitrogens with zero attached hydrogens (tertiary/aromatic N) is 2. The van der Waals surface area contributed by atoms with Crippen LogP contribution in [0.5, 0.6) is 0 Å². The molecule has 0 unspecified atom stereocenters.